The molecule has 1 fully saturated rings. The van der Waals surface area contributed by atoms with Gasteiger partial charge in [0.1, 0.15) is 6.26 Å². The second-order valence-electron chi connectivity index (χ2n) is 6.09. The third kappa shape index (κ3) is 3.61. The highest BCUT2D eigenvalue weighted by atomic mass is 16.5. The SMILES string of the molecule is O=C(N[C@H]1CCN(Cc2noc(-c3ccccc3)n2)C1)c1ccoc1. The topological polar surface area (TPSA) is 84.4 Å². The van der Waals surface area contributed by atoms with Crippen LogP contribution in [-0.2, 0) is 6.54 Å². The molecule has 128 valence electrons. The van der Waals surface area contributed by atoms with Crippen LogP contribution in [0, 0.1) is 0 Å². The molecule has 3 heterocycles. The number of carbonyl (C=O) groups is 1. The van der Waals surface area contributed by atoms with Crippen LogP contribution in [0.1, 0.15) is 22.6 Å². The predicted octanol–water partition coefficient (Wildman–Crippen LogP) is 2.33. The van der Waals surface area contributed by atoms with Gasteiger partial charge in [-0.05, 0) is 24.6 Å². The lowest BCUT2D eigenvalue weighted by Gasteiger charge is -2.14. The quantitative estimate of drug-likeness (QED) is 0.769. The Bertz CT molecular complexity index is 829. The van der Waals surface area contributed by atoms with Crippen molar-refractivity contribution in [3.8, 4) is 11.5 Å². The summed E-state index contributed by atoms with van der Waals surface area (Å²) in [6.45, 7) is 2.25. The minimum Gasteiger partial charge on any atom is -0.472 e. The van der Waals surface area contributed by atoms with E-state index in [9.17, 15) is 4.79 Å². The molecular formula is C18H18N4O3. The molecule has 2 aromatic heterocycles. The van der Waals surface area contributed by atoms with E-state index >= 15 is 0 Å². The first-order chi connectivity index (χ1) is 12.3. The molecule has 1 aromatic carbocycles. The van der Waals surface area contributed by atoms with Gasteiger partial charge in [0.05, 0.1) is 18.4 Å². The summed E-state index contributed by atoms with van der Waals surface area (Å²) in [5, 5.41) is 7.08. The highest BCUT2D eigenvalue weighted by molar-refractivity contribution is 5.93. The van der Waals surface area contributed by atoms with Gasteiger partial charge in [-0.2, -0.15) is 4.98 Å². The highest BCUT2D eigenvalue weighted by Gasteiger charge is 2.25. The lowest BCUT2D eigenvalue weighted by atomic mass is 10.2. The van der Waals surface area contributed by atoms with Crippen molar-refractivity contribution in [2.24, 2.45) is 0 Å². The molecule has 1 saturated heterocycles. The van der Waals surface area contributed by atoms with Gasteiger partial charge in [-0.15, -0.1) is 0 Å². The number of rotatable bonds is 5. The standard InChI is InChI=1S/C18H18N4O3/c23-17(14-7-9-24-12-14)19-15-6-8-22(10-15)11-16-20-18(25-21-16)13-4-2-1-3-5-13/h1-5,7,9,12,15H,6,8,10-11H2,(H,19,23)/t15-/m0/s1. The fourth-order valence-electron chi connectivity index (χ4n) is 2.97. The molecule has 1 amide bonds. The minimum atomic E-state index is -0.105. The zero-order valence-corrected chi connectivity index (χ0v) is 13.6. The van der Waals surface area contributed by atoms with Crippen LogP contribution in [0.25, 0.3) is 11.5 Å². The van der Waals surface area contributed by atoms with Gasteiger partial charge in [0.15, 0.2) is 5.82 Å². The van der Waals surface area contributed by atoms with Crippen LogP contribution >= 0.6 is 0 Å². The summed E-state index contributed by atoms with van der Waals surface area (Å²) in [5.41, 5.74) is 1.46. The van der Waals surface area contributed by atoms with Crippen LogP contribution in [0.3, 0.4) is 0 Å². The second-order valence-corrected chi connectivity index (χ2v) is 6.09. The first-order valence-corrected chi connectivity index (χ1v) is 8.21. The van der Waals surface area contributed by atoms with Crippen molar-refractivity contribution in [1.29, 1.82) is 0 Å². The first-order valence-electron chi connectivity index (χ1n) is 8.21. The molecule has 25 heavy (non-hydrogen) atoms. The molecule has 1 N–H and O–H groups in total. The van der Waals surface area contributed by atoms with E-state index in [1.807, 2.05) is 30.3 Å². The fourth-order valence-corrected chi connectivity index (χ4v) is 2.97. The number of nitrogens with one attached hydrogen (secondary N) is 1. The van der Waals surface area contributed by atoms with Crippen molar-refractivity contribution in [3.05, 3.63) is 60.3 Å². The van der Waals surface area contributed by atoms with Gasteiger partial charge >= 0.3 is 0 Å². The Labute approximate surface area is 144 Å². The number of carbonyl (C=O) groups excluding carboxylic acids is 1. The molecule has 0 saturated carbocycles. The molecule has 0 radical (unpaired) electrons. The molecule has 4 rings (SSSR count). The molecule has 0 bridgehead atoms. The van der Waals surface area contributed by atoms with Crippen LogP contribution in [0.4, 0.5) is 0 Å². The fraction of sp³-hybridized carbons (Fsp3) is 0.278. The van der Waals surface area contributed by atoms with E-state index in [0.29, 0.717) is 23.8 Å². The van der Waals surface area contributed by atoms with E-state index in [1.54, 1.807) is 6.07 Å². The average molecular weight is 338 g/mol. The number of nitrogens with zero attached hydrogens (tertiary/aromatic N) is 3. The molecule has 0 unspecified atom stereocenters. The monoisotopic (exact) mass is 338 g/mol. The van der Waals surface area contributed by atoms with Crippen molar-refractivity contribution in [2.45, 2.75) is 19.0 Å². The molecule has 7 nitrogen and oxygen atoms in total. The maximum atomic E-state index is 12.1. The smallest absolute Gasteiger partial charge is 0.257 e. The normalized spacial score (nSPS) is 17.7. The van der Waals surface area contributed by atoms with Crippen LogP contribution < -0.4 is 5.32 Å². The summed E-state index contributed by atoms with van der Waals surface area (Å²) in [6, 6.07) is 11.5. The van der Waals surface area contributed by atoms with E-state index in [4.69, 9.17) is 8.94 Å². The molecule has 0 aliphatic carbocycles. The molecule has 1 aliphatic heterocycles. The number of amides is 1. The number of benzene rings is 1. The van der Waals surface area contributed by atoms with Gasteiger partial charge in [-0.1, -0.05) is 23.4 Å². The molecule has 1 atom stereocenters. The van der Waals surface area contributed by atoms with E-state index in [1.165, 1.54) is 12.5 Å². The van der Waals surface area contributed by atoms with Gasteiger partial charge in [-0.3, -0.25) is 9.69 Å². The second kappa shape index (κ2) is 6.90. The minimum absolute atomic E-state index is 0.105. The summed E-state index contributed by atoms with van der Waals surface area (Å²) in [7, 11) is 0. The van der Waals surface area contributed by atoms with Gasteiger partial charge in [-0.25, -0.2) is 0 Å². The third-order valence-electron chi connectivity index (χ3n) is 4.24. The first kappa shape index (κ1) is 15.6. The van der Waals surface area contributed by atoms with Crippen LogP contribution in [0.15, 0.2) is 57.9 Å². The molecule has 3 aromatic rings. The lowest BCUT2D eigenvalue weighted by Crippen LogP contribution is -2.36. The number of aromatic nitrogens is 2. The van der Waals surface area contributed by atoms with Crippen molar-refractivity contribution in [2.75, 3.05) is 13.1 Å². The Morgan fingerprint density at radius 1 is 1.28 bits per heavy atom. The van der Waals surface area contributed by atoms with Crippen LogP contribution in [0.5, 0.6) is 0 Å². The van der Waals surface area contributed by atoms with E-state index in [-0.39, 0.29) is 11.9 Å². The maximum absolute atomic E-state index is 12.1. The van der Waals surface area contributed by atoms with Crippen LogP contribution in [0.2, 0.25) is 0 Å². The highest BCUT2D eigenvalue weighted by Crippen LogP contribution is 2.18. The lowest BCUT2D eigenvalue weighted by molar-refractivity contribution is 0.0937. The van der Waals surface area contributed by atoms with Crippen molar-refractivity contribution in [3.63, 3.8) is 0 Å². The molecule has 7 heteroatoms. The van der Waals surface area contributed by atoms with Crippen molar-refractivity contribution >= 4 is 5.91 Å². The van der Waals surface area contributed by atoms with E-state index in [0.717, 1.165) is 25.1 Å². The van der Waals surface area contributed by atoms with Crippen molar-refractivity contribution < 1.29 is 13.7 Å². The average Bonchev–Trinajstić information content (AvgIpc) is 3.38. The Hall–Kier alpha value is -2.93. The Kier molecular flexibility index (Phi) is 4.30. The predicted molar refractivity (Wildman–Crippen MR) is 89.6 cm³/mol. The summed E-state index contributed by atoms with van der Waals surface area (Å²) >= 11 is 0. The third-order valence-corrected chi connectivity index (χ3v) is 4.24. The molecular weight excluding hydrogens is 320 g/mol. The van der Waals surface area contributed by atoms with E-state index in [2.05, 4.69) is 20.4 Å². The number of furan rings is 1. The summed E-state index contributed by atoms with van der Waals surface area (Å²) < 4.78 is 10.3. The Morgan fingerprint density at radius 2 is 2.16 bits per heavy atom. The van der Waals surface area contributed by atoms with Crippen molar-refractivity contribution in [1.82, 2.24) is 20.4 Å². The maximum Gasteiger partial charge on any atom is 0.257 e. The number of likely N-dealkylation sites (tertiary alicyclic amines) is 1. The zero-order valence-electron chi connectivity index (χ0n) is 13.6. The Balaban J connectivity index is 1.32. The number of hydrogen-bond donors (Lipinski definition) is 1. The molecule has 1 aliphatic rings. The number of hydrogen-bond acceptors (Lipinski definition) is 6. The van der Waals surface area contributed by atoms with Gasteiger partial charge in [0, 0.05) is 24.7 Å². The molecule has 0 spiro atoms. The van der Waals surface area contributed by atoms with Gasteiger partial charge < -0.3 is 14.3 Å². The van der Waals surface area contributed by atoms with Gasteiger partial charge in [0.2, 0.25) is 0 Å². The Morgan fingerprint density at radius 3 is 2.96 bits per heavy atom. The summed E-state index contributed by atoms with van der Waals surface area (Å²) in [6.07, 6.45) is 3.84. The zero-order chi connectivity index (χ0) is 17.1. The van der Waals surface area contributed by atoms with Crippen LogP contribution in [-0.4, -0.2) is 40.1 Å². The summed E-state index contributed by atoms with van der Waals surface area (Å²) in [5.74, 6) is 1.08. The van der Waals surface area contributed by atoms with Gasteiger partial charge in [0.25, 0.3) is 11.8 Å². The summed E-state index contributed by atoms with van der Waals surface area (Å²) in [4.78, 5) is 18.7. The largest absolute Gasteiger partial charge is 0.472 e. The van der Waals surface area contributed by atoms with E-state index < -0.39 is 0 Å².